The Labute approximate surface area is 123 Å². The van der Waals surface area contributed by atoms with Gasteiger partial charge in [-0.3, -0.25) is 4.98 Å². The summed E-state index contributed by atoms with van der Waals surface area (Å²) in [5.41, 5.74) is 5.37. The van der Waals surface area contributed by atoms with E-state index < -0.39 is 15.8 Å². The number of halogens is 1. The fraction of sp³-hybridized carbons (Fsp3) is 0.500. The van der Waals surface area contributed by atoms with Crippen LogP contribution in [0.1, 0.15) is 19.8 Å². The molecule has 110 valence electrons. The fourth-order valence-corrected chi connectivity index (χ4v) is 3.77. The summed E-state index contributed by atoms with van der Waals surface area (Å²) < 4.78 is 39.2. The Morgan fingerprint density at radius 3 is 2.55 bits per heavy atom. The smallest absolute Gasteiger partial charge is 0.244 e. The Bertz CT molecular complexity index is 625. The molecule has 1 saturated heterocycles. The van der Waals surface area contributed by atoms with Crippen LogP contribution in [-0.4, -0.2) is 35.8 Å². The van der Waals surface area contributed by atoms with Crippen molar-refractivity contribution in [2.45, 2.75) is 24.7 Å². The molecule has 0 atom stereocenters. The van der Waals surface area contributed by atoms with E-state index in [-0.39, 0.29) is 10.3 Å². The van der Waals surface area contributed by atoms with Gasteiger partial charge < -0.3 is 5.73 Å². The summed E-state index contributed by atoms with van der Waals surface area (Å²) in [6, 6.07) is 0.976. The number of pyridine rings is 1. The number of hydrogen-bond donors (Lipinski definition) is 1. The summed E-state index contributed by atoms with van der Waals surface area (Å²) in [5.74, 6) is -0.670. The summed E-state index contributed by atoms with van der Waals surface area (Å²) in [6.07, 6.45) is 3.24. The molecule has 1 aliphatic rings. The first-order chi connectivity index (χ1) is 9.25. The van der Waals surface area contributed by atoms with Crippen LogP contribution in [-0.2, 0) is 10.0 Å². The number of nitrogens with two attached hydrogens (primary N) is 1. The van der Waals surface area contributed by atoms with Crippen molar-refractivity contribution in [3.8, 4) is 0 Å². The lowest BCUT2D eigenvalue weighted by Crippen LogP contribution is -2.46. The van der Waals surface area contributed by atoms with Crippen LogP contribution in [0.4, 0.5) is 4.39 Å². The van der Waals surface area contributed by atoms with E-state index in [1.807, 2.05) is 6.92 Å². The number of hydrogen-bond acceptors (Lipinski definition) is 4. The Morgan fingerprint density at radius 2 is 2.05 bits per heavy atom. The van der Waals surface area contributed by atoms with Crippen molar-refractivity contribution in [3.63, 3.8) is 0 Å². The van der Waals surface area contributed by atoms with Crippen LogP contribution < -0.4 is 5.73 Å². The number of sulfonamides is 1. The van der Waals surface area contributed by atoms with E-state index in [1.54, 1.807) is 0 Å². The third-order valence-electron chi connectivity index (χ3n) is 3.74. The van der Waals surface area contributed by atoms with Crippen LogP contribution in [0.5, 0.6) is 0 Å². The van der Waals surface area contributed by atoms with Crippen molar-refractivity contribution >= 4 is 27.2 Å². The van der Waals surface area contributed by atoms with Gasteiger partial charge in [0, 0.05) is 24.7 Å². The van der Waals surface area contributed by atoms with Gasteiger partial charge in [0.25, 0.3) is 0 Å². The lowest BCUT2D eigenvalue weighted by molar-refractivity contribution is 0.244. The minimum atomic E-state index is -3.71. The van der Waals surface area contributed by atoms with Gasteiger partial charge in [0.15, 0.2) is 0 Å². The van der Waals surface area contributed by atoms with E-state index in [0.29, 0.717) is 30.9 Å². The van der Waals surface area contributed by atoms with Gasteiger partial charge in [0.2, 0.25) is 10.0 Å². The summed E-state index contributed by atoms with van der Waals surface area (Å²) in [6.45, 7) is 2.56. The summed E-state index contributed by atoms with van der Waals surface area (Å²) in [7, 11) is -3.71. The standard InChI is InChI=1S/C12H16FN3O2S2/c1-12(11(14)19)2-4-16(5-3-12)20(17,18)10-6-9(13)7-15-8-10/h6-8H,2-5H2,1H3,(H2,14,19). The molecule has 20 heavy (non-hydrogen) atoms. The highest BCUT2D eigenvalue weighted by molar-refractivity contribution is 7.89. The fourth-order valence-electron chi connectivity index (χ4n) is 2.15. The average Bonchev–Trinajstić information content (AvgIpc) is 2.39. The molecule has 5 nitrogen and oxygen atoms in total. The minimum absolute atomic E-state index is 0.128. The molecule has 0 bridgehead atoms. The second-order valence-corrected chi connectivity index (χ2v) is 7.55. The average molecular weight is 317 g/mol. The first kappa shape index (κ1) is 15.3. The first-order valence-electron chi connectivity index (χ1n) is 6.16. The van der Waals surface area contributed by atoms with Gasteiger partial charge in [-0.1, -0.05) is 19.1 Å². The van der Waals surface area contributed by atoms with E-state index in [2.05, 4.69) is 4.98 Å². The molecule has 1 fully saturated rings. The van der Waals surface area contributed by atoms with E-state index in [1.165, 1.54) is 4.31 Å². The highest BCUT2D eigenvalue weighted by Crippen LogP contribution is 2.33. The quantitative estimate of drug-likeness (QED) is 0.850. The third-order valence-corrected chi connectivity index (χ3v) is 6.10. The maximum Gasteiger partial charge on any atom is 0.244 e. The zero-order valence-electron chi connectivity index (χ0n) is 11.0. The van der Waals surface area contributed by atoms with Gasteiger partial charge in [-0.05, 0) is 18.9 Å². The summed E-state index contributed by atoms with van der Waals surface area (Å²) >= 11 is 5.02. The molecule has 0 amide bonds. The SMILES string of the molecule is CC1(C(N)=S)CCN(S(=O)(=O)c2cncc(F)c2)CC1. The molecule has 0 spiro atoms. The van der Waals surface area contributed by atoms with Crippen LogP contribution in [0.2, 0.25) is 0 Å². The maximum absolute atomic E-state index is 13.1. The number of thiocarbonyl (C=S) groups is 1. The zero-order chi connectivity index (χ0) is 15.0. The highest BCUT2D eigenvalue weighted by Gasteiger charge is 2.37. The second kappa shape index (κ2) is 5.34. The molecule has 2 heterocycles. The van der Waals surface area contributed by atoms with Gasteiger partial charge in [-0.25, -0.2) is 12.8 Å². The molecule has 0 saturated carbocycles. The van der Waals surface area contributed by atoms with Crippen LogP contribution >= 0.6 is 12.2 Å². The number of aromatic nitrogens is 1. The van der Waals surface area contributed by atoms with Crippen LogP contribution in [0.25, 0.3) is 0 Å². The first-order valence-corrected chi connectivity index (χ1v) is 8.01. The third kappa shape index (κ3) is 2.82. The maximum atomic E-state index is 13.1. The van der Waals surface area contributed by atoms with Crippen molar-refractivity contribution < 1.29 is 12.8 Å². The predicted molar refractivity (Wildman–Crippen MR) is 77.1 cm³/mol. The minimum Gasteiger partial charge on any atom is -0.393 e. The topological polar surface area (TPSA) is 76.3 Å². The van der Waals surface area contributed by atoms with Crippen molar-refractivity contribution in [2.75, 3.05) is 13.1 Å². The molecule has 0 unspecified atom stereocenters. The Kier molecular flexibility index (Phi) is 4.08. The van der Waals surface area contributed by atoms with Gasteiger partial charge in [-0.2, -0.15) is 4.31 Å². The molecule has 2 rings (SSSR count). The predicted octanol–water partition coefficient (Wildman–Crippen LogP) is 1.30. The number of nitrogens with zero attached hydrogens (tertiary/aromatic N) is 2. The van der Waals surface area contributed by atoms with Crippen LogP contribution in [0.3, 0.4) is 0 Å². The van der Waals surface area contributed by atoms with Crippen molar-refractivity contribution in [3.05, 3.63) is 24.3 Å². The lowest BCUT2D eigenvalue weighted by atomic mass is 9.81. The molecule has 0 radical (unpaired) electrons. The molecule has 0 aliphatic carbocycles. The Balaban J connectivity index is 2.20. The number of piperidine rings is 1. The van der Waals surface area contributed by atoms with Gasteiger partial charge in [0.05, 0.1) is 11.2 Å². The Morgan fingerprint density at radius 1 is 1.45 bits per heavy atom. The largest absolute Gasteiger partial charge is 0.393 e. The molecule has 0 aromatic carbocycles. The van der Waals surface area contributed by atoms with E-state index in [9.17, 15) is 12.8 Å². The lowest BCUT2D eigenvalue weighted by Gasteiger charge is -2.37. The molecule has 1 aliphatic heterocycles. The van der Waals surface area contributed by atoms with Gasteiger partial charge in [-0.15, -0.1) is 0 Å². The Hall–Kier alpha value is -1.12. The monoisotopic (exact) mass is 317 g/mol. The molecule has 1 aromatic heterocycles. The van der Waals surface area contributed by atoms with Crippen molar-refractivity contribution in [1.82, 2.24) is 9.29 Å². The van der Waals surface area contributed by atoms with E-state index in [4.69, 9.17) is 18.0 Å². The molecule has 1 aromatic rings. The molecular formula is C12H16FN3O2S2. The molecule has 2 N–H and O–H groups in total. The zero-order valence-corrected chi connectivity index (χ0v) is 12.7. The number of rotatable bonds is 3. The normalized spacial score (nSPS) is 19.7. The van der Waals surface area contributed by atoms with Crippen molar-refractivity contribution in [2.24, 2.45) is 11.1 Å². The molecule has 8 heteroatoms. The van der Waals surface area contributed by atoms with E-state index >= 15 is 0 Å². The summed E-state index contributed by atoms with van der Waals surface area (Å²) in [5, 5.41) is 0. The highest BCUT2D eigenvalue weighted by atomic mass is 32.2. The van der Waals surface area contributed by atoms with Crippen LogP contribution in [0.15, 0.2) is 23.4 Å². The van der Waals surface area contributed by atoms with Crippen LogP contribution in [0, 0.1) is 11.2 Å². The molecular weight excluding hydrogens is 301 g/mol. The summed E-state index contributed by atoms with van der Waals surface area (Å²) in [4.78, 5) is 3.86. The van der Waals surface area contributed by atoms with E-state index in [0.717, 1.165) is 18.5 Å². The van der Waals surface area contributed by atoms with Gasteiger partial charge in [0.1, 0.15) is 10.7 Å². The second-order valence-electron chi connectivity index (χ2n) is 5.17. The van der Waals surface area contributed by atoms with Gasteiger partial charge >= 0.3 is 0 Å². The van der Waals surface area contributed by atoms with Crippen molar-refractivity contribution in [1.29, 1.82) is 0 Å².